The van der Waals surface area contributed by atoms with Gasteiger partial charge in [0.15, 0.2) is 0 Å². The molecule has 2 aromatic rings. The van der Waals surface area contributed by atoms with Crippen molar-refractivity contribution in [2.45, 2.75) is 0 Å². The van der Waals surface area contributed by atoms with E-state index < -0.39 is 4.92 Å². The maximum Gasteiger partial charge on any atom is 0.269 e. The number of hydrogen-bond donors (Lipinski definition) is 2. The molecule has 0 spiro atoms. The van der Waals surface area contributed by atoms with E-state index >= 15 is 0 Å². The summed E-state index contributed by atoms with van der Waals surface area (Å²) < 4.78 is 5.15. The molecular formula is C15H15N3O4. The third kappa shape index (κ3) is 3.95. The normalized spacial score (nSPS) is 9.86. The molecule has 0 aliphatic carbocycles. The quantitative estimate of drug-likeness (QED) is 0.632. The molecule has 0 unspecified atom stereocenters. The van der Waals surface area contributed by atoms with E-state index in [1.54, 1.807) is 30.3 Å². The maximum atomic E-state index is 11.9. The minimum Gasteiger partial charge on any atom is -0.495 e. The molecular weight excluding hydrogens is 286 g/mol. The van der Waals surface area contributed by atoms with Gasteiger partial charge in [0.05, 0.1) is 24.3 Å². The van der Waals surface area contributed by atoms with E-state index in [9.17, 15) is 14.9 Å². The van der Waals surface area contributed by atoms with Crippen molar-refractivity contribution >= 4 is 23.0 Å². The standard InChI is InChI=1S/C15H15N3O4/c1-22-14-5-3-2-4-13(14)17-15(19)10-16-11-6-8-12(9-7-11)18(20)21/h2-9,16H,10H2,1H3,(H,17,19). The highest BCUT2D eigenvalue weighted by Gasteiger charge is 2.07. The molecule has 0 aromatic heterocycles. The molecule has 7 nitrogen and oxygen atoms in total. The van der Waals surface area contributed by atoms with Crippen LogP contribution < -0.4 is 15.4 Å². The van der Waals surface area contributed by atoms with Crippen LogP contribution in [0.4, 0.5) is 17.1 Å². The second-order valence-electron chi connectivity index (χ2n) is 4.41. The lowest BCUT2D eigenvalue weighted by Gasteiger charge is -2.10. The Hall–Kier alpha value is -3.09. The van der Waals surface area contributed by atoms with Crippen LogP contribution in [0.25, 0.3) is 0 Å². The molecule has 0 bridgehead atoms. The van der Waals surface area contributed by atoms with Gasteiger partial charge in [-0.3, -0.25) is 14.9 Å². The number of non-ortho nitro benzene ring substituents is 1. The van der Waals surface area contributed by atoms with Crippen LogP contribution in [0.5, 0.6) is 5.75 Å². The zero-order valence-corrected chi connectivity index (χ0v) is 11.9. The molecule has 0 saturated heterocycles. The van der Waals surface area contributed by atoms with Gasteiger partial charge in [-0.25, -0.2) is 0 Å². The first kappa shape index (κ1) is 15.3. The van der Waals surface area contributed by atoms with Gasteiger partial charge in [0, 0.05) is 17.8 Å². The molecule has 0 aliphatic heterocycles. The van der Waals surface area contributed by atoms with E-state index in [4.69, 9.17) is 4.74 Å². The summed E-state index contributed by atoms with van der Waals surface area (Å²) in [7, 11) is 1.53. The summed E-state index contributed by atoms with van der Waals surface area (Å²) in [6, 6.07) is 12.9. The van der Waals surface area contributed by atoms with Gasteiger partial charge in [-0.15, -0.1) is 0 Å². The van der Waals surface area contributed by atoms with Gasteiger partial charge in [0.25, 0.3) is 5.69 Å². The Morgan fingerprint density at radius 2 is 1.86 bits per heavy atom. The number of carbonyl (C=O) groups is 1. The van der Waals surface area contributed by atoms with Crippen molar-refractivity contribution in [3.8, 4) is 5.75 Å². The lowest BCUT2D eigenvalue weighted by Crippen LogP contribution is -2.22. The zero-order valence-electron chi connectivity index (χ0n) is 11.9. The summed E-state index contributed by atoms with van der Waals surface area (Å²) in [5, 5.41) is 16.2. The number of nitro groups is 1. The number of carbonyl (C=O) groups excluding carboxylic acids is 1. The Bertz CT molecular complexity index is 671. The molecule has 0 fully saturated rings. The van der Waals surface area contributed by atoms with Gasteiger partial charge in [-0.05, 0) is 24.3 Å². The highest BCUT2D eigenvalue weighted by Crippen LogP contribution is 2.22. The van der Waals surface area contributed by atoms with Crippen molar-refractivity contribution in [1.82, 2.24) is 0 Å². The van der Waals surface area contributed by atoms with E-state index in [2.05, 4.69) is 10.6 Å². The third-order valence-corrected chi connectivity index (χ3v) is 2.91. The van der Waals surface area contributed by atoms with E-state index in [0.717, 1.165) is 0 Å². The minimum absolute atomic E-state index is 0.00373. The molecule has 0 aliphatic rings. The molecule has 0 radical (unpaired) electrons. The number of hydrogen-bond acceptors (Lipinski definition) is 5. The Balaban J connectivity index is 1.91. The van der Waals surface area contributed by atoms with E-state index in [0.29, 0.717) is 17.1 Å². The van der Waals surface area contributed by atoms with E-state index in [-0.39, 0.29) is 18.1 Å². The molecule has 7 heteroatoms. The maximum absolute atomic E-state index is 11.9. The van der Waals surface area contributed by atoms with Gasteiger partial charge >= 0.3 is 0 Å². The zero-order chi connectivity index (χ0) is 15.9. The van der Waals surface area contributed by atoms with Crippen LogP contribution in [0.3, 0.4) is 0 Å². The smallest absolute Gasteiger partial charge is 0.269 e. The van der Waals surface area contributed by atoms with Crippen LogP contribution >= 0.6 is 0 Å². The molecule has 114 valence electrons. The van der Waals surface area contributed by atoms with Crippen LogP contribution in [-0.2, 0) is 4.79 Å². The van der Waals surface area contributed by atoms with Crippen LogP contribution in [0.2, 0.25) is 0 Å². The minimum atomic E-state index is -0.474. The summed E-state index contributed by atoms with van der Waals surface area (Å²) in [4.78, 5) is 22.0. The molecule has 2 rings (SSSR count). The number of nitrogens with zero attached hydrogens (tertiary/aromatic N) is 1. The van der Waals surface area contributed by atoms with Crippen LogP contribution in [-0.4, -0.2) is 24.5 Å². The summed E-state index contributed by atoms with van der Waals surface area (Å²) >= 11 is 0. The van der Waals surface area contributed by atoms with Crippen molar-refractivity contribution in [3.05, 3.63) is 58.6 Å². The van der Waals surface area contributed by atoms with Crippen molar-refractivity contribution in [1.29, 1.82) is 0 Å². The van der Waals surface area contributed by atoms with Gasteiger partial charge in [-0.2, -0.15) is 0 Å². The monoisotopic (exact) mass is 301 g/mol. The Morgan fingerprint density at radius 3 is 2.50 bits per heavy atom. The largest absolute Gasteiger partial charge is 0.495 e. The number of nitrogens with one attached hydrogen (secondary N) is 2. The Kier molecular flexibility index (Phi) is 4.92. The predicted molar refractivity (Wildman–Crippen MR) is 83.2 cm³/mol. The van der Waals surface area contributed by atoms with Gasteiger partial charge in [-0.1, -0.05) is 12.1 Å². The Morgan fingerprint density at radius 1 is 1.18 bits per heavy atom. The summed E-state index contributed by atoms with van der Waals surface area (Å²) in [5.74, 6) is 0.328. The fourth-order valence-electron chi connectivity index (χ4n) is 1.83. The van der Waals surface area contributed by atoms with Crippen LogP contribution in [0.15, 0.2) is 48.5 Å². The second kappa shape index (κ2) is 7.07. The summed E-state index contributed by atoms with van der Waals surface area (Å²) in [6.45, 7) is 0.0376. The molecule has 2 aromatic carbocycles. The van der Waals surface area contributed by atoms with Crippen molar-refractivity contribution in [2.24, 2.45) is 0 Å². The number of anilines is 2. The Labute approximate surface area is 127 Å². The second-order valence-corrected chi connectivity index (χ2v) is 4.41. The SMILES string of the molecule is COc1ccccc1NC(=O)CNc1ccc([N+](=O)[O-])cc1. The molecule has 1 amide bonds. The van der Waals surface area contributed by atoms with Gasteiger partial charge in [0.1, 0.15) is 5.75 Å². The van der Waals surface area contributed by atoms with Crippen molar-refractivity contribution in [3.63, 3.8) is 0 Å². The summed E-state index contributed by atoms with van der Waals surface area (Å²) in [6.07, 6.45) is 0. The topological polar surface area (TPSA) is 93.5 Å². The number of amides is 1. The lowest BCUT2D eigenvalue weighted by molar-refractivity contribution is -0.384. The molecule has 0 atom stereocenters. The van der Waals surface area contributed by atoms with Crippen LogP contribution in [0, 0.1) is 10.1 Å². The number of nitro benzene ring substituents is 1. The number of ether oxygens (including phenoxy) is 1. The van der Waals surface area contributed by atoms with Crippen molar-refractivity contribution < 1.29 is 14.5 Å². The predicted octanol–water partition coefficient (Wildman–Crippen LogP) is 2.65. The van der Waals surface area contributed by atoms with Crippen molar-refractivity contribution in [2.75, 3.05) is 24.3 Å². The first-order valence-corrected chi connectivity index (χ1v) is 6.51. The molecule has 0 saturated carbocycles. The lowest BCUT2D eigenvalue weighted by atomic mass is 10.2. The third-order valence-electron chi connectivity index (χ3n) is 2.91. The number of para-hydroxylation sites is 2. The van der Waals surface area contributed by atoms with E-state index in [1.165, 1.54) is 19.2 Å². The summed E-state index contributed by atoms with van der Waals surface area (Å²) in [5.41, 5.74) is 1.21. The molecule has 22 heavy (non-hydrogen) atoms. The average molecular weight is 301 g/mol. The highest BCUT2D eigenvalue weighted by atomic mass is 16.6. The molecule has 0 heterocycles. The number of benzene rings is 2. The fraction of sp³-hybridized carbons (Fsp3) is 0.133. The number of rotatable bonds is 6. The first-order chi connectivity index (χ1) is 10.6. The highest BCUT2D eigenvalue weighted by molar-refractivity contribution is 5.95. The average Bonchev–Trinajstić information content (AvgIpc) is 2.54. The number of methoxy groups -OCH3 is 1. The van der Waals surface area contributed by atoms with Gasteiger partial charge in [0.2, 0.25) is 5.91 Å². The first-order valence-electron chi connectivity index (χ1n) is 6.51. The van der Waals surface area contributed by atoms with E-state index in [1.807, 2.05) is 6.07 Å². The van der Waals surface area contributed by atoms with Gasteiger partial charge < -0.3 is 15.4 Å². The van der Waals surface area contributed by atoms with Crippen LogP contribution in [0.1, 0.15) is 0 Å². The molecule has 2 N–H and O–H groups in total. The fourth-order valence-corrected chi connectivity index (χ4v) is 1.83.